The molecule has 1 aromatic heterocycles. The smallest absolute Gasteiger partial charge is 0.0974 e. The number of aromatic nitrogens is 3. The van der Waals surface area contributed by atoms with Crippen molar-refractivity contribution in [1.29, 1.82) is 0 Å². The zero-order valence-electron chi connectivity index (χ0n) is 9.44. The molecule has 0 atom stereocenters. The van der Waals surface area contributed by atoms with Crippen molar-refractivity contribution in [3.8, 4) is 0 Å². The van der Waals surface area contributed by atoms with E-state index >= 15 is 0 Å². The highest BCUT2D eigenvalue weighted by atomic mass is 35.5. The maximum absolute atomic E-state index is 5.69. The Morgan fingerprint density at radius 3 is 2.50 bits per heavy atom. The normalized spacial score (nSPS) is 10.7. The lowest BCUT2D eigenvalue weighted by Crippen LogP contribution is -2.04. The van der Waals surface area contributed by atoms with Gasteiger partial charge in [-0.15, -0.1) is 16.7 Å². The van der Waals surface area contributed by atoms with Crippen LogP contribution in [0.15, 0.2) is 24.4 Å². The average molecular weight is 236 g/mol. The number of halogens is 1. The molecule has 0 aliphatic rings. The number of alkyl halides is 1. The zero-order chi connectivity index (χ0) is 11.5. The quantitative estimate of drug-likeness (QED) is 0.766. The summed E-state index contributed by atoms with van der Waals surface area (Å²) in [5.41, 5.74) is 4.67. The van der Waals surface area contributed by atoms with Crippen LogP contribution in [-0.2, 0) is 12.4 Å². The number of rotatable bonds is 3. The number of hydrogen-bond donors (Lipinski definition) is 0. The van der Waals surface area contributed by atoms with Gasteiger partial charge in [0.25, 0.3) is 0 Å². The second-order valence-electron chi connectivity index (χ2n) is 3.91. The topological polar surface area (TPSA) is 30.7 Å². The molecule has 1 aromatic carbocycles. The summed E-state index contributed by atoms with van der Waals surface area (Å²) in [6.07, 6.45) is 1.89. The van der Waals surface area contributed by atoms with Gasteiger partial charge in [-0.2, -0.15) is 0 Å². The maximum atomic E-state index is 5.69. The van der Waals surface area contributed by atoms with E-state index in [1.807, 2.05) is 10.9 Å². The summed E-state index contributed by atoms with van der Waals surface area (Å²) in [6.45, 7) is 4.98. The summed E-state index contributed by atoms with van der Waals surface area (Å²) in [7, 11) is 0. The van der Waals surface area contributed by atoms with Gasteiger partial charge in [-0.05, 0) is 30.5 Å². The lowest BCUT2D eigenvalue weighted by molar-refractivity contribution is 0.645. The van der Waals surface area contributed by atoms with Gasteiger partial charge in [0.15, 0.2) is 0 Å². The molecule has 2 rings (SSSR count). The van der Waals surface area contributed by atoms with E-state index < -0.39 is 0 Å². The Labute approximate surface area is 100 Å². The molecule has 1 heterocycles. The van der Waals surface area contributed by atoms with Crippen LogP contribution >= 0.6 is 11.6 Å². The summed E-state index contributed by atoms with van der Waals surface area (Å²) in [5.74, 6) is 0.409. The Kier molecular flexibility index (Phi) is 3.25. The van der Waals surface area contributed by atoms with Gasteiger partial charge < -0.3 is 0 Å². The summed E-state index contributed by atoms with van der Waals surface area (Å²) in [4.78, 5) is 0. The minimum atomic E-state index is 0.409. The van der Waals surface area contributed by atoms with Crippen molar-refractivity contribution in [3.63, 3.8) is 0 Å². The van der Waals surface area contributed by atoms with Crippen LogP contribution in [0.2, 0.25) is 0 Å². The molecular weight excluding hydrogens is 222 g/mol. The van der Waals surface area contributed by atoms with Crippen LogP contribution in [0.3, 0.4) is 0 Å². The van der Waals surface area contributed by atoms with Gasteiger partial charge in [-0.3, -0.25) is 0 Å². The van der Waals surface area contributed by atoms with Crippen molar-refractivity contribution < 1.29 is 0 Å². The van der Waals surface area contributed by atoms with E-state index in [-0.39, 0.29) is 0 Å². The third-order valence-electron chi connectivity index (χ3n) is 2.69. The molecule has 0 amide bonds. The van der Waals surface area contributed by atoms with Crippen LogP contribution in [0.1, 0.15) is 22.4 Å². The van der Waals surface area contributed by atoms with Crippen molar-refractivity contribution in [3.05, 3.63) is 46.8 Å². The lowest BCUT2D eigenvalue weighted by atomic mass is 10.0. The van der Waals surface area contributed by atoms with E-state index in [0.29, 0.717) is 5.88 Å². The summed E-state index contributed by atoms with van der Waals surface area (Å²) < 4.78 is 1.83. The molecular formula is C12H14ClN3. The van der Waals surface area contributed by atoms with E-state index in [2.05, 4.69) is 42.4 Å². The first-order valence-corrected chi connectivity index (χ1v) is 5.74. The second-order valence-corrected chi connectivity index (χ2v) is 4.18. The van der Waals surface area contributed by atoms with Gasteiger partial charge in [-0.25, -0.2) is 4.68 Å². The Balaban J connectivity index is 2.26. The zero-order valence-corrected chi connectivity index (χ0v) is 10.2. The molecule has 0 spiro atoms. The Morgan fingerprint density at radius 2 is 1.94 bits per heavy atom. The SMILES string of the molecule is Cc1cccc(C)c1Cn1cc(CCl)nn1. The molecule has 0 N–H and O–H groups in total. The van der Waals surface area contributed by atoms with E-state index in [0.717, 1.165) is 12.2 Å². The number of aryl methyl sites for hydroxylation is 2. The van der Waals surface area contributed by atoms with E-state index in [1.165, 1.54) is 16.7 Å². The van der Waals surface area contributed by atoms with Crippen LogP contribution in [0.4, 0.5) is 0 Å². The fourth-order valence-electron chi connectivity index (χ4n) is 1.74. The van der Waals surface area contributed by atoms with Crippen molar-refractivity contribution in [2.24, 2.45) is 0 Å². The molecule has 0 radical (unpaired) electrons. The Hall–Kier alpha value is -1.35. The highest BCUT2D eigenvalue weighted by Crippen LogP contribution is 2.14. The molecule has 0 saturated heterocycles. The van der Waals surface area contributed by atoms with Gasteiger partial charge in [0, 0.05) is 0 Å². The predicted molar refractivity (Wildman–Crippen MR) is 64.6 cm³/mol. The van der Waals surface area contributed by atoms with Crippen molar-refractivity contribution in [1.82, 2.24) is 15.0 Å². The molecule has 0 saturated carbocycles. The summed E-state index contributed by atoms with van der Waals surface area (Å²) in [6, 6.07) is 6.29. The minimum Gasteiger partial charge on any atom is -0.248 e. The molecule has 0 aliphatic heterocycles. The minimum absolute atomic E-state index is 0.409. The first-order valence-electron chi connectivity index (χ1n) is 5.21. The molecule has 0 unspecified atom stereocenters. The largest absolute Gasteiger partial charge is 0.248 e. The molecule has 0 aliphatic carbocycles. The highest BCUT2D eigenvalue weighted by Gasteiger charge is 2.05. The molecule has 4 heteroatoms. The van der Waals surface area contributed by atoms with Crippen LogP contribution < -0.4 is 0 Å². The number of nitrogens with zero attached hydrogens (tertiary/aromatic N) is 3. The average Bonchev–Trinajstić information content (AvgIpc) is 2.71. The Bertz CT molecular complexity index is 471. The number of hydrogen-bond acceptors (Lipinski definition) is 2. The highest BCUT2D eigenvalue weighted by molar-refractivity contribution is 6.16. The first-order chi connectivity index (χ1) is 7.70. The van der Waals surface area contributed by atoms with Gasteiger partial charge in [0.2, 0.25) is 0 Å². The standard InChI is InChI=1S/C12H14ClN3/c1-9-4-3-5-10(2)12(9)8-16-7-11(6-13)14-15-16/h3-5,7H,6,8H2,1-2H3. The fraction of sp³-hybridized carbons (Fsp3) is 0.333. The van der Waals surface area contributed by atoms with Crippen LogP contribution in [0.5, 0.6) is 0 Å². The van der Waals surface area contributed by atoms with Gasteiger partial charge in [-0.1, -0.05) is 23.4 Å². The van der Waals surface area contributed by atoms with E-state index in [9.17, 15) is 0 Å². The molecule has 16 heavy (non-hydrogen) atoms. The third kappa shape index (κ3) is 2.25. The predicted octanol–water partition coefficient (Wildman–Crippen LogP) is 2.68. The number of benzene rings is 1. The van der Waals surface area contributed by atoms with Crippen LogP contribution in [0.25, 0.3) is 0 Å². The third-order valence-corrected chi connectivity index (χ3v) is 2.96. The first kappa shape index (κ1) is 11.1. The van der Waals surface area contributed by atoms with E-state index in [4.69, 9.17) is 11.6 Å². The summed E-state index contributed by atoms with van der Waals surface area (Å²) in [5, 5.41) is 8.02. The lowest BCUT2D eigenvalue weighted by Gasteiger charge is -2.08. The molecule has 84 valence electrons. The van der Waals surface area contributed by atoms with Gasteiger partial charge in [0.1, 0.15) is 0 Å². The van der Waals surface area contributed by atoms with Gasteiger partial charge in [0.05, 0.1) is 24.3 Å². The molecule has 3 nitrogen and oxygen atoms in total. The Morgan fingerprint density at radius 1 is 1.25 bits per heavy atom. The molecule has 2 aromatic rings. The van der Waals surface area contributed by atoms with Crippen molar-refractivity contribution >= 4 is 11.6 Å². The van der Waals surface area contributed by atoms with Gasteiger partial charge >= 0.3 is 0 Å². The summed E-state index contributed by atoms with van der Waals surface area (Å²) >= 11 is 5.69. The monoisotopic (exact) mass is 235 g/mol. The molecule has 0 fully saturated rings. The van der Waals surface area contributed by atoms with Crippen molar-refractivity contribution in [2.75, 3.05) is 0 Å². The van der Waals surface area contributed by atoms with Crippen LogP contribution in [-0.4, -0.2) is 15.0 Å². The maximum Gasteiger partial charge on any atom is 0.0974 e. The van der Waals surface area contributed by atoms with Crippen LogP contribution in [0, 0.1) is 13.8 Å². The van der Waals surface area contributed by atoms with Crippen molar-refractivity contribution in [2.45, 2.75) is 26.3 Å². The second kappa shape index (κ2) is 4.66. The fourth-order valence-corrected chi connectivity index (χ4v) is 1.86. The van der Waals surface area contributed by atoms with E-state index in [1.54, 1.807) is 0 Å². The molecule has 0 bridgehead atoms.